The number of amides is 1. The van der Waals surface area contributed by atoms with Crippen LogP contribution in [-0.2, 0) is 10.3 Å². The predicted octanol–water partition coefficient (Wildman–Crippen LogP) is 2.15. The van der Waals surface area contributed by atoms with Gasteiger partial charge in [0.2, 0.25) is 5.91 Å². The predicted molar refractivity (Wildman–Crippen MR) is 81.2 cm³/mol. The lowest BCUT2D eigenvalue weighted by Gasteiger charge is -2.26. The fourth-order valence-corrected chi connectivity index (χ4v) is 2.16. The van der Waals surface area contributed by atoms with Gasteiger partial charge in [0.25, 0.3) is 0 Å². The second kappa shape index (κ2) is 7.67. The first-order chi connectivity index (χ1) is 7.98. The van der Waals surface area contributed by atoms with Crippen molar-refractivity contribution in [2.45, 2.75) is 25.4 Å². The summed E-state index contributed by atoms with van der Waals surface area (Å²) in [6.45, 7) is 3.72. The minimum atomic E-state index is -0.978. The van der Waals surface area contributed by atoms with Gasteiger partial charge < -0.3 is 11.1 Å². The fourth-order valence-electron chi connectivity index (χ4n) is 1.58. The van der Waals surface area contributed by atoms with Crippen molar-refractivity contribution in [2.75, 3.05) is 12.0 Å². The van der Waals surface area contributed by atoms with E-state index in [2.05, 4.69) is 5.32 Å². The van der Waals surface area contributed by atoms with E-state index in [4.69, 9.17) is 5.73 Å². The third kappa shape index (κ3) is 4.52. The SMILES string of the molecule is CSCC(C)NC(=O)C(C)(N)c1ccccc1.Cl. The van der Waals surface area contributed by atoms with Crippen LogP contribution in [0.2, 0.25) is 0 Å². The first kappa shape index (κ1) is 17.3. The lowest BCUT2D eigenvalue weighted by molar-refractivity contribution is -0.126. The molecule has 2 unspecified atom stereocenters. The summed E-state index contributed by atoms with van der Waals surface area (Å²) < 4.78 is 0. The zero-order valence-corrected chi connectivity index (χ0v) is 12.6. The van der Waals surface area contributed by atoms with E-state index in [0.717, 1.165) is 11.3 Å². The molecule has 102 valence electrons. The largest absolute Gasteiger partial charge is 0.351 e. The Morgan fingerprint density at radius 1 is 1.44 bits per heavy atom. The minimum absolute atomic E-state index is 0. The Labute approximate surface area is 119 Å². The highest BCUT2D eigenvalue weighted by atomic mass is 35.5. The van der Waals surface area contributed by atoms with Crippen molar-refractivity contribution < 1.29 is 4.79 Å². The van der Waals surface area contributed by atoms with E-state index in [0.29, 0.717) is 0 Å². The molecule has 0 aliphatic heterocycles. The molecule has 5 heteroatoms. The standard InChI is InChI=1S/C13H20N2OS.ClH/c1-10(9-17-3)15-12(16)13(2,14)11-7-5-4-6-8-11;/h4-8,10H,9,14H2,1-3H3,(H,15,16);1H. The Hall–Kier alpha value is -0.710. The number of carbonyl (C=O) groups excluding carboxylic acids is 1. The molecule has 1 rings (SSSR count). The molecule has 1 aromatic carbocycles. The molecule has 0 spiro atoms. The van der Waals surface area contributed by atoms with Crippen molar-refractivity contribution in [1.29, 1.82) is 0 Å². The first-order valence-electron chi connectivity index (χ1n) is 5.62. The summed E-state index contributed by atoms with van der Waals surface area (Å²) >= 11 is 1.70. The van der Waals surface area contributed by atoms with E-state index in [9.17, 15) is 4.79 Å². The van der Waals surface area contributed by atoms with Gasteiger partial charge in [-0.25, -0.2) is 0 Å². The number of thioether (sulfide) groups is 1. The highest BCUT2D eigenvalue weighted by Crippen LogP contribution is 2.17. The van der Waals surface area contributed by atoms with E-state index in [-0.39, 0.29) is 24.4 Å². The van der Waals surface area contributed by atoms with Crippen molar-refractivity contribution in [2.24, 2.45) is 5.73 Å². The molecule has 0 aliphatic carbocycles. The molecule has 0 saturated heterocycles. The Morgan fingerprint density at radius 3 is 2.50 bits per heavy atom. The highest BCUT2D eigenvalue weighted by Gasteiger charge is 2.30. The molecule has 0 fully saturated rings. The summed E-state index contributed by atoms with van der Waals surface area (Å²) in [5.41, 5.74) is 5.96. The maximum absolute atomic E-state index is 12.1. The molecule has 0 radical (unpaired) electrons. The number of nitrogens with one attached hydrogen (secondary N) is 1. The molecule has 3 nitrogen and oxygen atoms in total. The van der Waals surface area contributed by atoms with Crippen LogP contribution in [0.25, 0.3) is 0 Å². The van der Waals surface area contributed by atoms with Crippen LogP contribution in [0.1, 0.15) is 19.4 Å². The summed E-state index contributed by atoms with van der Waals surface area (Å²) in [5.74, 6) is 0.751. The van der Waals surface area contributed by atoms with Crippen LogP contribution in [0, 0.1) is 0 Å². The van der Waals surface area contributed by atoms with Gasteiger partial charge in [-0.15, -0.1) is 12.4 Å². The molecular formula is C13H21ClN2OS. The van der Waals surface area contributed by atoms with E-state index < -0.39 is 5.54 Å². The van der Waals surface area contributed by atoms with E-state index in [1.165, 1.54) is 0 Å². The number of carbonyl (C=O) groups is 1. The molecule has 0 saturated carbocycles. The molecule has 0 heterocycles. The zero-order chi connectivity index (χ0) is 12.9. The molecular weight excluding hydrogens is 268 g/mol. The summed E-state index contributed by atoms with van der Waals surface area (Å²) in [6.07, 6.45) is 2.02. The van der Waals surface area contributed by atoms with Crippen LogP contribution >= 0.6 is 24.2 Å². The summed E-state index contributed by atoms with van der Waals surface area (Å²) in [4.78, 5) is 12.1. The van der Waals surface area contributed by atoms with Gasteiger partial charge in [0.15, 0.2) is 0 Å². The normalized spacial score (nSPS) is 15.1. The average molecular weight is 289 g/mol. The number of hydrogen-bond donors (Lipinski definition) is 2. The van der Waals surface area contributed by atoms with Gasteiger partial charge in [-0.3, -0.25) is 4.79 Å². The van der Waals surface area contributed by atoms with E-state index in [1.54, 1.807) is 18.7 Å². The van der Waals surface area contributed by atoms with Crippen molar-refractivity contribution >= 4 is 30.1 Å². The Balaban J connectivity index is 0.00000289. The van der Waals surface area contributed by atoms with Crippen LogP contribution in [0.4, 0.5) is 0 Å². The first-order valence-corrected chi connectivity index (χ1v) is 7.02. The van der Waals surface area contributed by atoms with Crippen LogP contribution < -0.4 is 11.1 Å². The summed E-state index contributed by atoms with van der Waals surface area (Å²) in [5, 5.41) is 2.93. The molecule has 3 N–H and O–H groups in total. The molecule has 1 aromatic rings. The maximum Gasteiger partial charge on any atom is 0.244 e. The maximum atomic E-state index is 12.1. The zero-order valence-electron chi connectivity index (χ0n) is 11.0. The summed E-state index contributed by atoms with van der Waals surface area (Å²) in [7, 11) is 0. The average Bonchev–Trinajstić information content (AvgIpc) is 2.30. The topological polar surface area (TPSA) is 55.1 Å². The van der Waals surface area contributed by atoms with E-state index in [1.807, 2.05) is 43.5 Å². The van der Waals surface area contributed by atoms with Crippen molar-refractivity contribution in [3.8, 4) is 0 Å². The monoisotopic (exact) mass is 288 g/mol. The molecule has 18 heavy (non-hydrogen) atoms. The van der Waals surface area contributed by atoms with Gasteiger partial charge in [0, 0.05) is 11.8 Å². The Bertz CT molecular complexity index is 371. The third-order valence-corrected chi connectivity index (χ3v) is 3.47. The fraction of sp³-hybridized carbons (Fsp3) is 0.462. The van der Waals surface area contributed by atoms with Gasteiger partial charge in [0.1, 0.15) is 5.54 Å². The number of halogens is 1. The number of nitrogens with two attached hydrogens (primary N) is 1. The second-order valence-electron chi connectivity index (χ2n) is 4.40. The van der Waals surface area contributed by atoms with Gasteiger partial charge in [-0.05, 0) is 25.7 Å². The van der Waals surface area contributed by atoms with Gasteiger partial charge in [-0.2, -0.15) is 11.8 Å². The molecule has 1 amide bonds. The van der Waals surface area contributed by atoms with E-state index >= 15 is 0 Å². The lowest BCUT2D eigenvalue weighted by atomic mass is 9.92. The Kier molecular flexibility index (Phi) is 7.36. The van der Waals surface area contributed by atoms with Crippen LogP contribution in [0.15, 0.2) is 30.3 Å². The van der Waals surface area contributed by atoms with Gasteiger partial charge in [-0.1, -0.05) is 30.3 Å². The van der Waals surface area contributed by atoms with Crippen LogP contribution in [-0.4, -0.2) is 24.0 Å². The smallest absolute Gasteiger partial charge is 0.244 e. The van der Waals surface area contributed by atoms with Gasteiger partial charge in [0.05, 0.1) is 0 Å². The lowest BCUT2D eigenvalue weighted by Crippen LogP contribution is -2.51. The number of rotatable bonds is 5. The van der Waals surface area contributed by atoms with Gasteiger partial charge >= 0.3 is 0 Å². The molecule has 0 aromatic heterocycles. The molecule has 0 bridgehead atoms. The van der Waals surface area contributed by atoms with Crippen molar-refractivity contribution in [1.82, 2.24) is 5.32 Å². The van der Waals surface area contributed by atoms with Crippen molar-refractivity contribution in [3.05, 3.63) is 35.9 Å². The highest BCUT2D eigenvalue weighted by molar-refractivity contribution is 7.98. The number of hydrogen-bond acceptors (Lipinski definition) is 3. The number of benzene rings is 1. The molecule has 0 aliphatic rings. The Morgan fingerprint density at radius 2 is 2.00 bits per heavy atom. The van der Waals surface area contributed by atoms with Crippen LogP contribution in [0.3, 0.4) is 0 Å². The second-order valence-corrected chi connectivity index (χ2v) is 5.31. The quantitative estimate of drug-likeness (QED) is 0.873. The minimum Gasteiger partial charge on any atom is -0.351 e. The third-order valence-electron chi connectivity index (χ3n) is 2.64. The molecule has 2 atom stereocenters. The van der Waals surface area contributed by atoms with Crippen molar-refractivity contribution in [3.63, 3.8) is 0 Å². The summed E-state index contributed by atoms with van der Waals surface area (Å²) in [6, 6.07) is 9.56. The van der Waals surface area contributed by atoms with Crippen LogP contribution in [0.5, 0.6) is 0 Å².